The fourth-order valence-electron chi connectivity index (χ4n) is 3.68. The van der Waals surface area contributed by atoms with E-state index >= 15 is 0 Å². The molecule has 0 aliphatic carbocycles. The Bertz CT molecular complexity index is 845. The quantitative estimate of drug-likeness (QED) is 0.787. The SMILES string of the molecule is CC(=O)N[C@H](CC(=O)N1CCN(Cc2ccccc2C)CC1)c1ccc(Cl)cc1. The lowest BCUT2D eigenvalue weighted by molar-refractivity contribution is -0.133. The number of aryl methyl sites for hydroxylation is 1. The number of hydrogen-bond donors (Lipinski definition) is 1. The predicted octanol–water partition coefficient (Wildman–Crippen LogP) is 3.56. The Kier molecular flexibility index (Phi) is 7.29. The van der Waals surface area contributed by atoms with Crippen LogP contribution in [0.1, 0.15) is 36.1 Å². The van der Waals surface area contributed by atoms with Crippen LogP contribution in [0.4, 0.5) is 0 Å². The molecule has 6 heteroatoms. The van der Waals surface area contributed by atoms with Gasteiger partial charge in [0.15, 0.2) is 0 Å². The Hall–Kier alpha value is -2.37. The Balaban J connectivity index is 1.56. The minimum Gasteiger partial charge on any atom is -0.349 e. The average Bonchev–Trinajstić information content (AvgIpc) is 2.70. The highest BCUT2D eigenvalue weighted by Gasteiger charge is 2.25. The zero-order chi connectivity index (χ0) is 20.8. The molecule has 0 unspecified atom stereocenters. The van der Waals surface area contributed by atoms with Gasteiger partial charge in [0.1, 0.15) is 0 Å². The molecule has 154 valence electrons. The normalized spacial score (nSPS) is 15.8. The maximum Gasteiger partial charge on any atom is 0.225 e. The predicted molar refractivity (Wildman–Crippen MR) is 116 cm³/mol. The van der Waals surface area contributed by atoms with E-state index in [1.165, 1.54) is 18.1 Å². The van der Waals surface area contributed by atoms with Crippen molar-refractivity contribution in [3.8, 4) is 0 Å². The molecule has 1 heterocycles. The van der Waals surface area contributed by atoms with Crippen LogP contribution in [0.15, 0.2) is 48.5 Å². The van der Waals surface area contributed by atoms with Crippen LogP contribution in [0.2, 0.25) is 5.02 Å². The van der Waals surface area contributed by atoms with Gasteiger partial charge in [-0.05, 0) is 35.7 Å². The number of benzene rings is 2. The maximum atomic E-state index is 12.9. The summed E-state index contributed by atoms with van der Waals surface area (Å²) in [5, 5.41) is 3.52. The molecule has 2 aromatic carbocycles. The molecule has 29 heavy (non-hydrogen) atoms. The monoisotopic (exact) mass is 413 g/mol. The lowest BCUT2D eigenvalue weighted by Crippen LogP contribution is -2.49. The summed E-state index contributed by atoms with van der Waals surface area (Å²) in [7, 11) is 0. The van der Waals surface area contributed by atoms with Crippen molar-refractivity contribution in [1.29, 1.82) is 0 Å². The molecule has 1 fully saturated rings. The number of halogens is 1. The van der Waals surface area contributed by atoms with E-state index in [1.54, 1.807) is 12.1 Å². The number of amides is 2. The van der Waals surface area contributed by atoms with Gasteiger partial charge in [0.2, 0.25) is 11.8 Å². The maximum absolute atomic E-state index is 12.9. The number of carbonyl (C=O) groups is 2. The number of piperazine rings is 1. The molecule has 2 amide bonds. The van der Waals surface area contributed by atoms with Crippen molar-refractivity contribution in [1.82, 2.24) is 15.1 Å². The molecule has 1 aliphatic rings. The van der Waals surface area contributed by atoms with Crippen molar-refractivity contribution >= 4 is 23.4 Å². The van der Waals surface area contributed by atoms with Crippen molar-refractivity contribution in [2.75, 3.05) is 26.2 Å². The Morgan fingerprint density at radius 1 is 1.03 bits per heavy atom. The van der Waals surface area contributed by atoms with E-state index in [2.05, 4.69) is 41.4 Å². The third kappa shape index (κ3) is 6.05. The van der Waals surface area contributed by atoms with E-state index in [-0.39, 0.29) is 24.3 Å². The number of rotatable bonds is 6. The fourth-order valence-corrected chi connectivity index (χ4v) is 3.81. The summed E-state index contributed by atoms with van der Waals surface area (Å²) in [6, 6.07) is 15.4. The molecule has 0 spiro atoms. The highest BCUT2D eigenvalue weighted by molar-refractivity contribution is 6.30. The van der Waals surface area contributed by atoms with Gasteiger partial charge in [-0.25, -0.2) is 0 Å². The summed E-state index contributed by atoms with van der Waals surface area (Å²) >= 11 is 5.96. The van der Waals surface area contributed by atoms with Crippen LogP contribution in [-0.4, -0.2) is 47.8 Å². The zero-order valence-electron chi connectivity index (χ0n) is 17.0. The summed E-state index contributed by atoms with van der Waals surface area (Å²) in [4.78, 5) is 28.8. The standard InChI is InChI=1S/C23H28ClN3O2/c1-17-5-3-4-6-20(17)16-26-11-13-27(14-12-26)23(29)15-22(25-18(2)28)19-7-9-21(24)10-8-19/h3-10,22H,11-16H2,1-2H3,(H,25,28)/t22-/m1/s1. The summed E-state index contributed by atoms with van der Waals surface area (Å²) in [5.41, 5.74) is 3.52. The first-order chi connectivity index (χ1) is 13.9. The summed E-state index contributed by atoms with van der Waals surface area (Å²) in [6.45, 7) is 7.63. The topological polar surface area (TPSA) is 52.7 Å². The van der Waals surface area contributed by atoms with E-state index in [9.17, 15) is 9.59 Å². The van der Waals surface area contributed by atoms with Gasteiger partial charge in [-0.15, -0.1) is 0 Å². The highest BCUT2D eigenvalue weighted by Crippen LogP contribution is 2.21. The van der Waals surface area contributed by atoms with Crippen LogP contribution < -0.4 is 5.32 Å². The minimum atomic E-state index is -0.345. The molecule has 2 aromatic rings. The molecule has 0 aromatic heterocycles. The molecular formula is C23H28ClN3O2. The number of nitrogens with one attached hydrogen (secondary N) is 1. The lowest BCUT2D eigenvalue weighted by Gasteiger charge is -2.35. The summed E-state index contributed by atoms with van der Waals surface area (Å²) < 4.78 is 0. The molecule has 1 N–H and O–H groups in total. The van der Waals surface area contributed by atoms with Crippen molar-refractivity contribution in [2.45, 2.75) is 32.9 Å². The van der Waals surface area contributed by atoms with Crippen molar-refractivity contribution in [2.24, 2.45) is 0 Å². The molecule has 1 atom stereocenters. The second-order valence-corrected chi connectivity index (χ2v) is 8.03. The smallest absolute Gasteiger partial charge is 0.225 e. The molecular weight excluding hydrogens is 386 g/mol. The first kappa shape index (κ1) is 21.3. The van der Waals surface area contributed by atoms with Gasteiger partial charge in [0.25, 0.3) is 0 Å². The van der Waals surface area contributed by atoms with Crippen molar-refractivity contribution < 1.29 is 9.59 Å². The van der Waals surface area contributed by atoms with Crippen LogP contribution >= 0.6 is 11.6 Å². The van der Waals surface area contributed by atoms with Gasteiger partial charge in [-0.2, -0.15) is 0 Å². The second kappa shape index (κ2) is 9.90. The largest absolute Gasteiger partial charge is 0.349 e. The number of carbonyl (C=O) groups excluding carboxylic acids is 2. The Labute approximate surface area is 177 Å². The molecule has 1 saturated heterocycles. The Morgan fingerprint density at radius 3 is 2.31 bits per heavy atom. The van der Waals surface area contributed by atoms with E-state index in [1.807, 2.05) is 17.0 Å². The van der Waals surface area contributed by atoms with Crippen LogP contribution in [0.5, 0.6) is 0 Å². The van der Waals surface area contributed by atoms with E-state index in [4.69, 9.17) is 11.6 Å². The van der Waals surface area contributed by atoms with E-state index in [0.717, 1.165) is 25.2 Å². The summed E-state index contributed by atoms with van der Waals surface area (Å²) in [6.07, 6.45) is 0.249. The fraction of sp³-hybridized carbons (Fsp3) is 0.391. The van der Waals surface area contributed by atoms with Gasteiger partial charge >= 0.3 is 0 Å². The van der Waals surface area contributed by atoms with Gasteiger partial charge in [-0.1, -0.05) is 48.0 Å². The van der Waals surface area contributed by atoms with Gasteiger partial charge in [-0.3, -0.25) is 14.5 Å². The van der Waals surface area contributed by atoms with Crippen LogP contribution in [0.3, 0.4) is 0 Å². The molecule has 1 aliphatic heterocycles. The molecule has 0 bridgehead atoms. The Morgan fingerprint density at radius 2 is 1.69 bits per heavy atom. The first-order valence-electron chi connectivity index (χ1n) is 9.99. The lowest BCUT2D eigenvalue weighted by atomic mass is 10.0. The van der Waals surface area contributed by atoms with Gasteiger partial charge < -0.3 is 10.2 Å². The average molecular weight is 414 g/mol. The third-order valence-electron chi connectivity index (χ3n) is 5.41. The molecule has 5 nitrogen and oxygen atoms in total. The highest BCUT2D eigenvalue weighted by atomic mass is 35.5. The van der Waals surface area contributed by atoms with Crippen LogP contribution in [0, 0.1) is 6.92 Å². The number of nitrogens with zero attached hydrogens (tertiary/aromatic N) is 2. The minimum absolute atomic E-state index is 0.0641. The van der Waals surface area contributed by atoms with Crippen LogP contribution in [-0.2, 0) is 16.1 Å². The number of hydrogen-bond acceptors (Lipinski definition) is 3. The van der Waals surface area contributed by atoms with Crippen molar-refractivity contribution in [3.05, 3.63) is 70.2 Å². The molecule has 0 saturated carbocycles. The van der Waals surface area contributed by atoms with Gasteiger partial charge in [0, 0.05) is 44.7 Å². The molecule has 3 rings (SSSR count). The zero-order valence-corrected chi connectivity index (χ0v) is 17.8. The summed E-state index contributed by atoms with van der Waals surface area (Å²) in [5.74, 6) is -0.0879. The van der Waals surface area contributed by atoms with E-state index in [0.29, 0.717) is 18.1 Å². The second-order valence-electron chi connectivity index (χ2n) is 7.59. The third-order valence-corrected chi connectivity index (χ3v) is 5.66. The van der Waals surface area contributed by atoms with Gasteiger partial charge in [0.05, 0.1) is 12.5 Å². The molecule has 0 radical (unpaired) electrons. The first-order valence-corrected chi connectivity index (χ1v) is 10.4. The van der Waals surface area contributed by atoms with Crippen molar-refractivity contribution in [3.63, 3.8) is 0 Å². The van der Waals surface area contributed by atoms with E-state index < -0.39 is 0 Å². The van der Waals surface area contributed by atoms with Crippen LogP contribution in [0.25, 0.3) is 0 Å².